The number of methoxy groups -OCH3 is 1. The highest BCUT2D eigenvalue weighted by Crippen LogP contribution is 2.42. The molecule has 154 valence electrons. The Labute approximate surface area is 172 Å². The summed E-state index contributed by atoms with van der Waals surface area (Å²) in [5, 5.41) is 3.03. The van der Waals surface area contributed by atoms with Gasteiger partial charge >= 0.3 is 5.97 Å². The molecule has 2 aromatic rings. The number of rotatable bonds is 7. The van der Waals surface area contributed by atoms with Crippen LogP contribution in [0.5, 0.6) is 5.75 Å². The Morgan fingerprint density at radius 3 is 2.38 bits per heavy atom. The van der Waals surface area contributed by atoms with Gasteiger partial charge in [0.1, 0.15) is 11.3 Å². The van der Waals surface area contributed by atoms with Crippen LogP contribution in [0.2, 0.25) is 0 Å². The van der Waals surface area contributed by atoms with Crippen LogP contribution in [0.3, 0.4) is 0 Å². The summed E-state index contributed by atoms with van der Waals surface area (Å²) in [6.07, 6.45) is 3.69. The SMILES string of the molecule is COC(=O)c1cc(NC(=O)C2(c3ccccc3)CCCC2)ccc1OCC(C)C. The first kappa shape index (κ1) is 20.9. The van der Waals surface area contributed by atoms with Crippen molar-refractivity contribution >= 4 is 17.6 Å². The predicted molar refractivity (Wildman–Crippen MR) is 113 cm³/mol. The van der Waals surface area contributed by atoms with Gasteiger partial charge in [-0.25, -0.2) is 4.79 Å². The minimum atomic E-state index is -0.528. The summed E-state index contributed by atoms with van der Waals surface area (Å²) in [6, 6.07) is 15.1. The second kappa shape index (κ2) is 9.12. The number of hydrogen-bond acceptors (Lipinski definition) is 4. The smallest absolute Gasteiger partial charge is 0.341 e. The molecule has 5 nitrogen and oxygen atoms in total. The van der Waals surface area contributed by atoms with E-state index in [1.165, 1.54) is 7.11 Å². The lowest BCUT2D eigenvalue weighted by Gasteiger charge is -2.28. The lowest BCUT2D eigenvalue weighted by molar-refractivity contribution is -0.121. The molecule has 0 unspecified atom stereocenters. The van der Waals surface area contributed by atoms with Gasteiger partial charge < -0.3 is 14.8 Å². The van der Waals surface area contributed by atoms with Crippen LogP contribution in [0.25, 0.3) is 0 Å². The highest BCUT2D eigenvalue weighted by Gasteiger charge is 2.42. The van der Waals surface area contributed by atoms with Gasteiger partial charge in [-0.05, 0) is 42.5 Å². The molecule has 0 spiro atoms. The van der Waals surface area contributed by atoms with E-state index in [1.54, 1.807) is 18.2 Å². The van der Waals surface area contributed by atoms with Crippen LogP contribution in [0.1, 0.15) is 55.5 Å². The average Bonchev–Trinajstić information content (AvgIpc) is 3.24. The Kier molecular flexibility index (Phi) is 6.57. The van der Waals surface area contributed by atoms with Gasteiger partial charge in [-0.2, -0.15) is 0 Å². The molecule has 3 rings (SSSR count). The van der Waals surface area contributed by atoms with Crippen molar-refractivity contribution in [3.05, 3.63) is 59.7 Å². The molecule has 2 aromatic carbocycles. The Bertz CT molecular complexity index is 854. The van der Waals surface area contributed by atoms with E-state index in [2.05, 4.69) is 5.32 Å². The zero-order valence-electron chi connectivity index (χ0n) is 17.4. The van der Waals surface area contributed by atoms with Crippen LogP contribution in [0, 0.1) is 5.92 Å². The first-order chi connectivity index (χ1) is 14.0. The van der Waals surface area contributed by atoms with Crippen molar-refractivity contribution in [2.75, 3.05) is 19.0 Å². The summed E-state index contributed by atoms with van der Waals surface area (Å²) >= 11 is 0. The monoisotopic (exact) mass is 395 g/mol. The molecule has 1 amide bonds. The Morgan fingerprint density at radius 1 is 1.07 bits per heavy atom. The maximum atomic E-state index is 13.3. The molecule has 0 bridgehead atoms. The van der Waals surface area contributed by atoms with E-state index in [-0.39, 0.29) is 5.91 Å². The largest absolute Gasteiger partial charge is 0.492 e. The number of hydrogen-bond donors (Lipinski definition) is 1. The molecule has 1 saturated carbocycles. The summed E-state index contributed by atoms with van der Waals surface area (Å²) in [5.74, 6) is 0.265. The lowest BCUT2D eigenvalue weighted by Crippen LogP contribution is -2.38. The number of carbonyl (C=O) groups is 2. The Hall–Kier alpha value is -2.82. The standard InChI is InChI=1S/C24H29NO4/c1-17(2)16-29-21-12-11-19(15-20(21)22(26)28-3)25-23(27)24(13-7-8-14-24)18-9-5-4-6-10-18/h4-6,9-12,15,17H,7-8,13-14,16H2,1-3H3,(H,25,27). The molecule has 0 radical (unpaired) electrons. The quantitative estimate of drug-likeness (QED) is 0.673. The van der Waals surface area contributed by atoms with E-state index in [4.69, 9.17) is 9.47 Å². The topological polar surface area (TPSA) is 64.6 Å². The first-order valence-electron chi connectivity index (χ1n) is 10.2. The van der Waals surface area contributed by atoms with Crippen molar-refractivity contribution in [2.45, 2.75) is 44.9 Å². The maximum Gasteiger partial charge on any atom is 0.341 e. The number of anilines is 1. The minimum absolute atomic E-state index is 0.0344. The number of amides is 1. The Balaban J connectivity index is 1.86. The van der Waals surface area contributed by atoms with Gasteiger partial charge in [0.15, 0.2) is 0 Å². The third-order valence-corrected chi connectivity index (χ3v) is 5.43. The van der Waals surface area contributed by atoms with Crippen molar-refractivity contribution in [1.82, 2.24) is 0 Å². The van der Waals surface area contributed by atoms with Crippen molar-refractivity contribution in [1.29, 1.82) is 0 Å². The molecule has 5 heteroatoms. The number of ether oxygens (including phenoxy) is 2. The van der Waals surface area contributed by atoms with Crippen molar-refractivity contribution in [3.63, 3.8) is 0 Å². The van der Waals surface area contributed by atoms with E-state index >= 15 is 0 Å². The molecule has 29 heavy (non-hydrogen) atoms. The normalized spacial score (nSPS) is 15.2. The number of esters is 1. The van der Waals surface area contributed by atoms with E-state index in [0.717, 1.165) is 31.2 Å². The van der Waals surface area contributed by atoms with Crippen LogP contribution < -0.4 is 10.1 Å². The second-order valence-corrected chi connectivity index (χ2v) is 8.02. The van der Waals surface area contributed by atoms with Gasteiger partial charge in [-0.15, -0.1) is 0 Å². The summed E-state index contributed by atoms with van der Waals surface area (Å²) in [7, 11) is 1.34. The fourth-order valence-corrected chi connectivity index (χ4v) is 3.89. The highest BCUT2D eigenvalue weighted by molar-refractivity contribution is 6.01. The molecular formula is C24H29NO4. The number of carbonyl (C=O) groups excluding carboxylic acids is 2. The van der Waals surface area contributed by atoms with Gasteiger partial charge in [-0.1, -0.05) is 57.0 Å². The molecule has 0 aromatic heterocycles. The molecule has 1 aliphatic carbocycles. The van der Waals surface area contributed by atoms with E-state index in [1.807, 2.05) is 44.2 Å². The van der Waals surface area contributed by atoms with Gasteiger partial charge in [0.2, 0.25) is 5.91 Å². The summed E-state index contributed by atoms with van der Waals surface area (Å²) in [4.78, 5) is 25.6. The van der Waals surface area contributed by atoms with Crippen LogP contribution >= 0.6 is 0 Å². The minimum Gasteiger partial charge on any atom is -0.492 e. The third-order valence-electron chi connectivity index (χ3n) is 5.43. The molecular weight excluding hydrogens is 366 g/mol. The molecule has 0 saturated heterocycles. The van der Waals surface area contributed by atoms with Gasteiger partial charge in [0.25, 0.3) is 0 Å². The number of benzene rings is 2. The van der Waals surface area contributed by atoms with E-state index in [9.17, 15) is 9.59 Å². The maximum absolute atomic E-state index is 13.3. The van der Waals surface area contributed by atoms with Crippen molar-refractivity contribution < 1.29 is 19.1 Å². The fraction of sp³-hybridized carbons (Fsp3) is 0.417. The number of nitrogens with one attached hydrogen (secondary N) is 1. The average molecular weight is 395 g/mol. The van der Waals surface area contributed by atoms with Gasteiger partial charge in [0.05, 0.1) is 19.1 Å². The summed E-state index contributed by atoms with van der Waals surface area (Å²) in [6.45, 7) is 4.57. The van der Waals surface area contributed by atoms with Gasteiger partial charge in [-0.3, -0.25) is 4.79 Å². The van der Waals surface area contributed by atoms with Crippen LogP contribution in [0.4, 0.5) is 5.69 Å². The predicted octanol–water partition coefficient (Wildman–Crippen LogP) is 4.96. The third kappa shape index (κ3) is 4.61. The molecule has 1 fully saturated rings. The molecule has 0 heterocycles. The molecule has 1 N–H and O–H groups in total. The van der Waals surface area contributed by atoms with Crippen molar-refractivity contribution in [2.24, 2.45) is 5.92 Å². The lowest BCUT2D eigenvalue weighted by atomic mass is 9.78. The zero-order chi connectivity index (χ0) is 20.9. The molecule has 0 atom stereocenters. The summed E-state index contributed by atoms with van der Waals surface area (Å²) in [5.41, 5.74) is 1.39. The van der Waals surface area contributed by atoms with Crippen LogP contribution in [-0.4, -0.2) is 25.6 Å². The van der Waals surface area contributed by atoms with Crippen LogP contribution in [-0.2, 0) is 14.9 Å². The molecule has 1 aliphatic rings. The second-order valence-electron chi connectivity index (χ2n) is 8.02. The fourth-order valence-electron chi connectivity index (χ4n) is 3.89. The van der Waals surface area contributed by atoms with E-state index in [0.29, 0.717) is 29.5 Å². The Morgan fingerprint density at radius 2 is 1.76 bits per heavy atom. The first-order valence-corrected chi connectivity index (χ1v) is 10.2. The van der Waals surface area contributed by atoms with Crippen molar-refractivity contribution in [3.8, 4) is 5.75 Å². The summed E-state index contributed by atoms with van der Waals surface area (Å²) < 4.78 is 10.7. The zero-order valence-corrected chi connectivity index (χ0v) is 17.4. The van der Waals surface area contributed by atoms with Gasteiger partial charge in [0, 0.05) is 5.69 Å². The highest BCUT2D eigenvalue weighted by atomic mass is 16.5. The van der Waals surface area contributed by atoms with E-state index < -0.39 is 11.4 Å². The van der Waals surface area contributed by atoms with Crippen LogP contribution in [0.15, 0.2) is 48.5 Å². The molecule has 0 aliphatic heterocycles.